The fourth-order valence-corrected chi connectivity index (χ4v) is 3.28. The first-order valence-electron chi connectivity index (χ1n) is 6.62. The molecule has 2 heterocycles. The lowest BCUT2D eigenvalue weighted by atomic mass is 10.3. The summed E-state index contributed by atoms with van der Waals surface area (Å²) in [5.41, 5.74) is 1.74. The van der Waals surface area contributed by atoms with Crippen LogP contribution in [0.3, 0.4) is 0 Å². The first-order valence-corrected chi connectivity index (χ1v) is 8.45. The van der Waals surface area contributed by atoms with E-state index in [-0.39, 0.29) is 25.0 Å². The van der Waals surface area contributed by atoms with Crippen LogP contribution in [0.2, 0.25) is 0 Å². The molecule has 0 aliphatic heterocycles. The van der Waals surface area contributed by atoms with Crippen LogP contribution in [-0.4, -0.2) is 29.5 Å². The van der Waals surface area contributed by atoms with Gasteiger partial charge in [0.1, 0.15) is 5.01 Å². The number of nitrogens with zero attached hydrogens (tertiary/aromatic N) is 1. The third-order valence-electron chi connectivity index (χ3n) is 2.95. The van der Waals surface area contributed by atoms with E-state index in [4.69, 9.17) is 4.74 Å². The molecule has 1 aliphatic carbocycles. The van der Waals surface area contributed by atoms with E-state index in [0.717, 1.165) is 23.4 Å². The molecule has 1 N–H and O–H groups in total. The van der Waals surface area contributed by atoms with Gasteiger partial charge >= 0.3 is 5.97 Å². The molecule has 1 amide bonds. The zero-order valence-corrected chi connectivity index (χ0v) is 12.8. The molecule has 0 bridgehead atoms. The Labute approximate surface area is 130 Å². The summed E-state index contributed by atoms with van der Waals surface area (Å²) in [6.45, 7) is -0.211. The van der Waals surface area contributed by atoms with Crippen molar-refractivity contribution < 1.29 is 14.3 Å². The van der Waals surface area contributed by atoms with Crippen molar-refractivity contribution in [2.24, 2.45) is 0 Å². The van der Waals surface area contributed by atoms with Crippen LogP contribution in [0, 0.1) is 0 Å². The van der Waals surface area contributed by atoms with Crippen molar-refractivity contribution in [3.8, 4) is 10.6 Å². The molecule has 1 aliphatic rings. The van der Waals surface area contributed by atoms with E-state index in [0.29, 0.717) is 5.69 Å². The summed E-state index contributed by atoms with van der Waals surface area (Å²) >= 11 is 3.11. The second kappa shape index (κ2) is 6.36. The number of hydrogen-bond acceptors (Lipinski definition) is 6. The van der Waals surface area contributed by atoms with Gasteiger partial charge in [0.25, 0.3) is 5.91 Å². The highest BCUT2D eigenvalue weighted by Gasteiger charge is 2.23. The summed E-state index contributed by atoms with van der Waals surface area (Å²) in [6.07, 6.45) is 2.13. The maximum atomic E-state index is 11.7. The molecule has 0 radical (unpaired) electrons. The van der Waals surface area contributed by atoms with Crippen LogP contribution in [0.15, 0.2) is 22.2 Å². The summed E-state index contributed by atoms with van der Waals surface area (Å²) in [5, 5.41) is 9.51. The molecule has 0 saturated heterocycles. The van der Waals surface area contributed by atoms with Gasteiger partial charge in [-0.05, 0) is 24.3 Å². The average molecular weight is 322 g/mol. The predicted molar refractivity (Wildman–Crippen MR) is 81.3 cm³/mol. The van der Waals surface area contributed by atoms with Crippen molar-refractivity contribution in [1.82, 2.24) is 10.3 Å². The van der Waals surface area contributed by atoms with Gasteiger partial charge in [-0.2, -0.15) is 11.3 Å². The Morgan fingerprint density at radius 2 is 2.24 bits per heavy atom. The average Bonchev–Trinajstić information content (AvgIpc) is 2.95. The number of thiazole rings is 1. The molecule has 1 saturated carbocycles. The Morgan fingerprint density at radius 3 is 2.95 bits per heavy atom. The van der Waals surface area contributed by atoms with Gasteiger partial charge in [0, 0.05) is 22.4 Å². The second-order valence-corrected chi connectivity index (χ2v) is 6.47. The summed E-state index contributed by atoms with van der Waals surface area (Å²) < 4.78 is 4.95. The van der Waals surface area contributed by atoms with Crippen molar-refractivity contribution in [3.05, 3.63) is 27.9 Å². The van der Waals surface area contributed by atoms with Gasteiger partial charge in [-0.1, -0.05) is 0 Å². The van der Waals surface area contributed by atoms with Gasteiger partial charge in [0.2, 0.25) is 0 Å². The number of ether oxygens (including phenoxy) is 1. The Morgan fingerprint density at radius 1 is 1.38 bits per heavy atom. The molecule has 0 unspecified atom stereocenters. The minimum atomic E-state index is -0.428. The van der Waals surface area contributed by atoms with E-state index in [1.165, 1.54) is 11.3 Å². The van der Waals surface area contributed by atoms with Crippen LogP contribution in [0.4, 0.5) is 0 Å². The van der Waals surface area contributed by atoms with Crippen molar-refractivity contribution in [2.45, 2.75) is 25.3 Å². The smallest absolute Gasteiger partial charge is 0.312 e. The van der Waals surface area contributed by atoms with E-state index in [1.54, 1.807) is 11.3 Å². The molecular weight excluding hydrogens is 308 g/mol. The van der Waals surface area contributed by atoms with Gasteiger partial charge in [0.15, 0.2) is 6.61 Å². The van der Waals surface area contributed by atoms with Crippen molar-refractivity contribution >= 4 is 34.6 Å². The lowest BCUT2D eigenvalue weighted by molar-refractivity contribution is -0.147. The maximum Gasteiger partial charge on any atom is 0.312 e. The molecule has 5 nitrogen and oxygen atoms in total. The number of aromatic nitrogens is 1. The molecule has 21 heavy (non-hydrogen) atoms. The Bertz CT molecular complexity index is 632. The predicted octanol–water partition coefficient (Wildman–Crippen LogP) is 2.24. The summed E-state index contributed by atoms with van der Waals surface area (Å²) in [5.74, 6) is -0.661. The lowest BCUT2D eigenvalue weighted by Gasteiger charge is -2.04. The SMILES string of the molecule is O=C(COC(=O)Cc1csc(-c2ccsc2)n1)NC1CC1. The number of carbonyl (C=O) groups excluding carboxylic acids is 2. The van der Waals surface area contributed by atoms with Gasteiger partial charge in [-0.15, -0.1) is 11.3 Å². The summed E-state index contributed by atoms with van der Waals surface area (Å²) in [4.78, 5) is 27.5. The second-order valence-electron chi connectivity index (χ2n) is 4.84. The molecule has 1 fully saturated rings. The molecule has 0 spiro atoms. The minimum absolute atomic E-state index is 0.0946. The molecule has 110 valence electrons. The quantitative estimate of drug-likeness (QED) is 0.828. The highest BCUT2D eigenvalue weighted by Crippen LogP contribution is 2.25. The van der Waals surface area contributed by atoms with Crippen LogP contribution in [0.5, 0.6) is 0 Å². The van der Waals surface area contributed by atoms with Crippen molar-refractivity contribution in [2.75, 3.05) is 6.61 Å². The summed E-state index contributed by atoms with van der Waals surface area (Å²) in [6, 6.07) is 2.27. The first kappa shape index (κ1) is 14.2. The van der Waals surface area contributed by atoms with Crippen LogP contribution in [0.1, 0.15) is 18.5 Å². The third kappa shape index (κ3) is 4.12. The van der Waals surface area contributed by atoms with Crippen molar-refractivity contribution in [3.63, 3.8) is 0 Å². The Balaban J connectivity index is 1.47. The zero-order valence-electron chi connectivity index (χ0n) is 11.2. The largest absolute Gasteiger partial charge is 0.455 e. The van der Waals surface area contributed by atoms with E-state index >= 15 is 0 Å². The minimum Gasteiger partial charge on any atom is -0.455 e. The number of hydrogen-bond donors (Lipinski definition) is 1. The van der Waals surface area contributed by atoms with Gasteiger partial charge < -0.3 is 10.1 Å². The highest BCUT2D eigenvalue weighted by atomic mass is 32.1. The standard InChI is InChI=1S/C14H14N2O3S2/c17-12(15-10-1-2-10)6-19-13(18)5-11-8-21-14(16-11)9-3-4-20-7-9/h3-4,7-8,10H,1-2,5-6H2,(H,15,17). The van der Waals surface area contributed by atoms with Crippen LogP contribution in [-0.2, 0) is 20.7 Å². The maximum absolute atomic E-state index is 11.7. The van der Waals surface area contributed by atoms with E-state index in [9.17, 15) is 9.59 Å². The first-order chi connectivity index (χ1) is 10.2. The van der Waals surface area contributed by atoms with Gasteiger partial charge in [0.05, 0.1) is 12.1 Å². The molecule has 3 rings (SSSR count). The van der Waals surface area contributed by atoms with E-state index in [1.807, 2.05) is 22.2 Å². The van der Waals surface area contributed by atoms with Crippen LogP contribution in [0.25, 0.3) is 10.6 Å². The molecular formula is C14H14N2O3S2. The fraction of sp³-hybridized carbons (Fsp3) is 0.357. The zero-order chi connectivity index (χ0) is 14.7. The molecule has 2 aromatic heterocycles. The van der Waals surface area contributed by atoms with Gasteiger partial charge in [-0.25, -0.2) is 4.98 Å². The fourth-order valence-electron chi connectivity index (χ4n) is 1.75. The van der Waals surface area contributed by atoms with E-state index in [2.05, 4.69) is 10.3 Å². The number of amides is 1. The molecule has 2 aromatic rings. The molecule has 7 heteroatoms. The van der Waals surface area contributed by atoms with Crippen LogP contribution < -0.4 is 5.32 Å². The molecule has 0 atom stereocenters. The lowest BCUT2D eigenvalue weighted by Crippen LogP contribution is -2.30. The van der Waals surface area contributed by atoms with Crippen molar-refractivity contribution in [1.29, 1.82) is 0 Å². The van der Waals surface area contributed by atoms with Gasteiger partial charge in [-0.3, -0.25) is 9.59 Å². The number of rotatable bonds is 6. The number of esters is 1. The normalized spacial score (nSPS) is 13.9. The third-order valence-corrected chi connectivity index (χ3v) is 4.58. The summed E-state index contributed by atoms with van der Waals surface area (Å²) in [7, 11) is 0. The number of carbonyl (C=O) groups is 2. The Hall–Kier alpha value is -1.73. The topological polar surface area (TPSA) is 68.3 Å². The monoisotopic (exact) mass is 322 g/mol. The highest BCUT2D eigenvalue weighted by molar-refractivity contribution is 7.14. The van der Waals surface area contributed by atoms with E-state index < -0.39 is 5.97 Å². The Kier molecular flexibility index (Phi) is 4.31. The number of nitrogens with one attached hydrogen (secondary N) is 1. The van der Waals surface area contributed by atoms with Crippen LogP contribution >= 0.6 is 22.7 Å². The molecule has 0 aromatic carbocycles. The number of thiophene rings is 1.